The van der Waals surface area contributed by atoms with Crippen molar-refractivity contribution in [1.82, 2.24) is 10.3 Å². The van der Waals surface area contributed by atoms with Gasteiger partial charge >= 0.3 is 6.09 Å². The van der Waals surface area contributed by atoms with E-state index in [1.165, 1.54) is 0 Å². The smallest absolute Gasteiger partial charge is 0.404 e. The van der Waals surface area contributed by atoms with E-state index in [0.717, 1.165) is 23.0 Å². The third kappa shape index (κ3) is 3.91. The molecule has 2 rings (SSSR count). The maximum Gasteiger partial charge on any atom is 0.404 e. The SMILES string of the molecule is Cc1ncc(OCC2(C(NC(=O)O)C(C)(C)C)CC2)cc1Br. The highest BCUT2D eigenvalue weighted by Gasteiger charge is 2.54. The maximum absolute atomic E-state index is 11.1. The molecule has 0 saturated heterocycles. The van der Waals surface area contributed by atoms with Crippen molar-refractivity contribution >= 4 is 22.0 Å². The summed E-state index contributed by atoms with van der Waals surface area (Å²) in [4.78, 5) is 15.4. The van der Waals surface area contributed by atoms with Crippen LogP contribution in [-0.4, -0.2) is 28.8 Å². The molecule has 0 aliphatic heterocycles. The molecule has 1 fully saturated rings. The van der Waals surface area contributed by atoms with E-state index in [4.69, 9.17) is 9.84 Å². The summed E-state index contributed by atoms with van der Waals surface area (Å²) in [5, 5.41) is 11.8. The zero-order valence-corrected chi connectivity index (χ0v) is 15.0. The summed E-state index contributed by atoms with van der Waals surface area (Å²) in [6.45, 7) is 8.57. The summed E-state index contributed by atoms with van der Waals surface area (Å²) in [5.41, 5.74) is 0.617. The van der Waals surface area contributed by atoms with Gasteiger partial charge in [-0.05, 0) is 47.2 Å². The molecular weight excluding hydrogens is 348 g/mol. The van der Waals surface area contributed by atoms with Gasteiger partial charge < -0.3 is 15.2 Å². The van der Waals surface area contributed by atoms with Crippen molar-refractivity contribution < 1.29 is 14.6 Å². The Kier molecular flexibility index (Phi) is 4.70. The van der Waals surface area contributed by atoms with Crippen LogP contribution in [-0.2, 0) is 0 Å². The molecular formula is C16H23BrN2O3. The number of nitrogens with one attached hydrogen (secondary N) is 1. The average molecular weight is 371 g/mol. The minimum atomic E-state index is -0.981. The van der Waals surface area contributed by atoms with Gasteiger partial charge in [0.2, 0.25) is 0 Å². The fraction of sp³-hybridized carbons (Fsp3) is 0.625. The summed E-state index contributed by atoms with van der Waals surface area (Å²) in [6, 6.07) is 1.76. The summed E-state index contributed by atoms with van der Waals surface area (Å²) >= 11 is 3.44. The number of hydrogen-bond donors (Lipinski definition) is 2. The van der Waals surface area contributed by atoms with E-state index in [2.05, 4.69) is 47.0 Å². The van der Waals surface area contributed by atoms with E-state index in [1.807, 2.05) is 13.0 Å². The van der Waals surface area contributed by atoms with Crippen LogP contribution in [0, 0.1) is 17.8 Å². The van der Waals surface area contributed by atoms with Crippen molar-refractivity contribution in [2.24, 2.45) is 10.8 Å². The van der Waals surface area contributed by atoms with Crippen molar-refractivity contribution in [1.29, 1.82) is 0 Å². The van der Waals surface area contributed by atoms with Crippen LogP contribution in [0.15, 0.2) is 16.7 Å². The Morgan fingerprint density at radius 3 is 2.64 bits per heavy atom. The second-order valence-corrected chi connectivity index (χ2v) is 7.99. The Labute approximate surface area is 139 Å². The third-order valence-electron chi connectivity index (χ3n) is 4.16. The number of aromatic nitrogens is 1. The van der Waals surface area contributed by atoms with Crippen LogP contribution in [0.25, 0.3) is 0 Å². The maximum atomic E-state index is 11.1. The number of halogens is 1. The molecule has 1 aromatic heterocycles. The van der Waals surface area contributed by atoms with E-state index in [1.54, 1.807) is 6.20 Å². The van der Waals surface area contributed by atoms with Gasteiger partial charge in [-0.15, -0.1) is 0 Å². The number of rotatable bonds is 5. The molecule has 1 amide bonds. The molecule has 1 heterocycles. The van der Waals surface area contributed by atoms with Crippen molar-refractivity contribution in [3.63, 3.8) is 0 Å². The molecule has 122 valence electrons. The number of amides is 1. The van der Waals surface area contributed by atoms with Gasteiger partial charge in [0, 0.05) is 15.9 Å². The minimum Gasteiger partial charge on any atom is -0.491 e. The van der Waals surface area contributed by atoms with Crippen LogP contribution < -0.4 is 10.1 Å². The molecule has 2 N–H and O–H groups in total. The van der Waals surface area contributed by atoms with E-state index in [9.17, 15) is 4.79 Å². The number of carboxylic acid groups (broad SMARTS) is 1. The van der Waals surface area contributed by atoms with Crippen LogP contribution in [0.5, 0.6) is 5.75 Å². The predicted molar refractivity (Wildman–Crippen MR) is 88.2 cm³/mol. The number of ether oxygens (including phenoxy) is 1. The molecule has 0 aromatic carbocycles. The lowest BCUT2D eigenvalue weighted by Gasteiger charge is -2.37. The van der Waals surface area contributed by atoms with Crippen LogP contribution in [0.3, 0.4) is 0 Å². The highest BCUT2D eigenvalue weighted by molar-refractivity contribution is 9.10. The number of nitrogens with zero attached hydrogens (tertiary/aromatic N) is 1. The van der Waals surface area contributed by atoms with Crippen LogP contribution in [0.2, 0.25) is 0 Å². The van der Waals surface area contributed by atoms with E-state index >= 15 is 0 Å². The van der Waals surface area contributed by atoms with E-state index in [-0.39, 0.29) is 16.9 Å². The summed E-state index contributed by atoms with van der Waals surface area (Å²) in [7, 11) is 0. The van der Waals surface area contributed by atoms with Gasteiger partial charge in [-0.1, -0.05) is 20.8 Å². The number of carbonyl (C=O) groups is 1. The Bertz CT molecular complexity index is 565. The molecule has 1 atom stereocenters. The molecule has 6 heteroatoms. The lowest BCUT2D eigenvalue weighted by molar-refractivity contribution is 0.110. The Morgan fingerprint density at radius 1 is 1.55 bits per heavy atom. The zero-order valence-electron chi connectivity index (χ0n) is 13.4. The van der Waals surface area contributed by atoms with Gasteiger partial charge in [-0.25, -0.2) is 4.79 Å². The standard InChI is InChI=1S/C16H23BrN2O3/c1-10-12(17)7-11(8-18-10)22-9-16(5-6-16)13(15(2,3)4)19-14(20)21/h7-8,13,19H,5-6,9H2,1-4H3,(H,20,21). The Morgan fingerprint density at radius 2 is 2.18 bits per heavy atom. The number of aryl methyl sites for hydroxylation is 1. The zero-order chi connectivity index (χ0) is 16.5. The lowest BCUT2D eigenvalue weighted by atomic mass is 9.77. The van der Waals surface area contributed by atoms with Crippen LogP contribution >= 0.6 is 15.9 Å². The first kappa shape index (κ1) is 17.1. The van der Waals surface area contributed by atoms with E-state index < -0.39 is 6.09 Å². The molecule has 0 bridgehead atoms. The lowest BCUT2D eigenvalue weighted by Crippen LogP contribution is -2.51. The molecule has 1 aliphatic carbocycles. The highest BCUT2D eigenvalue weighted by atomic mass is 79.9. The van der Waals surface area contributed by atoms with Crippen molar-refractivity contribution in [3.8, 4) is 5.75 Å². The monoisotopic (exact) mass is 370 g/mol. The Hall–Kier alpha value is -1.30. The topological polar surface area (TPSA) is 71.5 Å². The molecule has 1 aliphatic rings. The molecule has 0 radical (unpaired) electrons. The minimum absolute atomic E-state index is 0.131. The second kappa shape index (κ2) is 6.07. The van der Waals surface area contributed by atoms with Gasteiger partial charge in [-0.3, -0.25) is 4.98 Å². The summed E-state index contributed by atoms with van der Waals surface area (Å²) in [5.74, 6) is 0.701. The molecule has 1 saturated carbocycles. The van der Waals surface area contributed by atoms with Crippen molar-refractivity contribution in [2.45, 2.75) is 46.6 Å². The molecule has 1 unspecified atom stereocenters. The van der Waals surface area contributed by atoms with Crippen LogP contribution in [0.1, 0.15) is 39.3 Å². The molecule has 5 nitrogen and oxygen atoms in total. The molecule has 1 aromatic rings. The van der Waals surface area contributed by atoms with Gasteiger partial charge in [0.15, 0.2) is 0 Å². The first-order valence-electron chi connectivity index (χ1n) is 7.38. The molecule has 0 spiro atoms. The van der Waals surface area contributed by atoms with E-state index in [0.29, 0.717) is 12.4 Å². The highest BCUT2D eigenvalue weighted by Crippen LogP contribution is 2.53. The normalized spacial score (nSPS) is 17.7. The van der Waals surface area contributed by atoms with Crippen molar-refractivity contribution in [2.75, 3.05) is 6.61 Å². The Balaban J connectivity index is 2.09. The van der Waals surface area contributed by atoms with Crippen molar-refractivity contribution in [3.05, 3.63) is 22.4 Å². The summed E-state index contributed by atoms with van der Waals surface area (Å²) < 4.78 is 6.81. The molecule has 22 heavy (non-hydrogen) atoms. The van der Waals surface area contributed by atoms with Gasteiger partial charge in [0.1, 0.15) is 5.75 Å². The fourth-order valence-corrected chi connectivity index (χ4v) is 3.21. The van der Waals surface area contributed by atoms with Gasteiger partial charge in [0.25, 0.3) is 0 Å². The first-order chi connectivity index (χ1) is 10.1. The largest absolute Gasteiger partial charge is 0.491 e. The van der Waals surface area contributed by atoms with Gasteiger partial charge in [0.05, 0.1) is 18.5 Å². The predicted octanol–water partition coefficient (Wildman–Crippen LogP) is 3.99. The first-order valence-corrected chi connectivity index (χ1v) is 8.18. The second-order valence-electron chi connectivity index (χ2n) is 7.14. The van der Waals surface area contributed by atoms with Gasteiger partial charge in [-0.2, -0.15) is 0 Å². The fourth-order valence-electron chi connectivity index (χ4n) is 2.88. The number of hydrogen-bond acceptors (Lipinski definition) is 3. The third-order valence-corrected chi connectivity index (χ3v) is 4.97. The van der Waals surface area contributed by atoms with Crippen LogP contribution in [0.4, 0.5) is 4.79 Å². The number of pyridine rings is 1. The summed E-state index contributed by atoms with van der Waals surface area (Å²) in [6.07, 6.45) is 2.66. The quantitative estimate of drug-likeness (QED) is 0.821. The average Bonchev–Trinajstić information content (AvgIpc) is 3.17.